The zero-order valence-corrected chi connectivity index (χ0v) is 12.2. The Bertz CT molecular complexity index is 363. The van der Waals surface area contributed by atoms with Gasteiger partial charge in [-0.15, -0.1) is 11.3 Å². The van der Waals surface area contributed by atoms with Crippen molar-refractivity contribution in [2.45, 2.75) is 25.3 Å². The molecule has 17 heavy (non-hydrogen) atoms. The van der Waals surface area contributed by atoms with Crippen molar-refractivity contribution < 1.29 is 4.74 Å². The summed E-state index contributed by atoms with van der Waals surface area (Å²) in [6.45, 7) is 1.78. The van der Waals surface area contributed by atoms with Crippen LogP contribution in [-0.4, -0.2) is 20.3 Å². The maximum Gasteiger partial charge on any atom is 0.0991 e. The first-order valence-electron chi connectivity index (χ1n) is 5.90. The van der Waals surface area contributed by atoms with Crippen molar-refractivity contribution in [2.75, 3.05) is 20.3 Å². The van der Waals surface area contributed by atoms with E-state index < -0.39 is 0 Å². The summed E-state index contributed by atoms with van der Waals surface area (Å²) >= 11 is 13.6. The van der Waals surface area contributed by atoms with Crippen molar-refractivity contribution in [1.29, 1.82) is 0 Å². The van der Waals surface area contributed by atoms with E-state index in [1.54, 1.807) is 0 Å². The van der Waals surface area contributed by atoms with Gasteiger partial charge in [0.2, 0.25) is 0 Å². The maximum absolute atomic E-state index is 6.21. The van der Waals surface area contributed by atoms with Gasteiger partial charge in [0, 0.05) is 24.8 Å². The second-order valence-corrected chi connectivity index (χ2v) is 6.70. The van der Waals surface area contributed by atoms with E-state index in [1.807, 2.05) is 13.1 Å². The predicted octanol–water partition coefficient (Wildman–Crippen LogP) is 4.13. The molecule has 2 heterocycles. The van der Waals surface area contributed by atoms with Crippen LogP contribution in [0.1, 0.15) is 30.9 Å². The lowest BCUT2D eigenvalue weighted by atomic mass is 9.90. The third kappa shape index (κ3) is 3.58. The van der Waals surface area contributed by atoms with Crippen LogP contribution in [0, 0.1) is 5.92 Å². The Kier molecular flexibility index (Phi) is 5.12. The van der Waals surface area contributed by atoms with E-state index in [1.165, 1.54) is 11.3 Å². The smallest absolute Gasteiger partial charge is 0.0991 e. The van der Waals surface area contributed by atoms with Gasteiger partial charge in [0.05, 0.1) is 8.67 Å². The fourth-order valence-electron chi connectivity index (χ4n) is 2.31. The third-order valence-corrected chi connectivity index (χ3v) is 4.83. The molecule has 96 valence electrons. The molecule has 1 aliphatic rings. The van der Waals surface area contributed by atoms with Gasteiger partial charge in [0.25, 0.3) is 0 Å². The quantitative estimate of drug-likeness (QED) is 0.901. The molecule has 0 radical (unpaired) electrons. The van der Waals surface area contributed by atoms with Crippen LogP contribution >= 0.6 is 34.5 Å². The summed E-state index contributed by atoms with van der Waals surface area (Å²) in [5, 5.41) is 3.34. The zero-order valence-electron chi connectivity index (χ0n) is 9.84. The van der Waals surface area contributed by atoms with Crippen LogP contribution in [0.5, 0.6) is 0 Å². The van der Waals surface area contributed by atoms with E-state index in [-0.39, 0.29) is 0 Å². The largest absolute Gasteiger partial charge is 0.381 e. The number of halogens is 2. The molecule has 2 rings (SSSR count). The van der Waals surface area contributed by atoms with Gasteiger partial charge in [0.1, 0.15) is 0 Å². The molecule has 0 spiro atoms. The number of nitrogens with one attached hydrogen (secondary N) is 1. The number of ether oxygens (including phenoxy) is 1. The van der Waals surface area contributed by atoms with Crippen molar-refractivity contribution in [2.24, 2.45) is 5.92 Å². The standard InChI is InChI=1S/C12H17Cl2NOS/c1-15-10(6-8-2-4-16-5-3-8)9-7-11(13)17-12(9)14/h7-8,10,15H,2-6H2,1H3. The highest BCUT2D eigenvalue weighted by Gasteiger charge is 2.22. The SMILES string of the molecule is CNC(CC1CCOCC1)c1cc(Cl)sc1Cl. The molecule has 0 aliphatic carbocycles. The summed E-state index contributed by atoms with van der Waals surface area (Å²) in [5.74, 6) is 0.718. The normalized spacial score (nSPS) is 19.5. The highest BCUT2D eigenvalue weighted by Crippen LogP contribution is 2.38. The van der Waals surface area contributed by atoms with Crippen LogP contribution in [0.4, 0.5) is 0 Å². The van der Waals surface area contributed by atoms with Crippen molar-refractivity contribution in [1.82, 2.24) is 5.32 Å². The minimum atomic E-state index is 0.300. The number of hydrogen-bond donors (Lipinski definition) is 1. The topological polar surface area (TPSA) is 21.3 Å². The van der Waals surface area contributed by atoms with Crippen LogP contribution in [0.25, 0.3) is 0 Å². The van der Waals surface area contributed by atoms with Crippen LogP contribution < -0.4 is 5.32 Å². The van der Waals surface area contributed by atoms with Gasteiger partial charge in [0.15, 0.2) is 0 Å². The molecule has 0 saturated carbocycles. The minimum absolute atomic E-state index is 0.300. The first-order valence-corrected chi connectivity index (χ1v) is 7.47. The van der Waals surface area contributed by atoms with Crippen LogP contribution in [-0.2, 0) is 4.74 Å². The number of hydrogen-bond acceptors (Lipinski definition) is 3. The van der Waals surface area contributed by atoms with Crippen LogP contribution in [0.15, 0.2) is 6.07 Å². The van der Waals surface area contributed by atoms with Crippen molar-refractivity contribution >= 4 is 34.5 Å². The molecular weight excluding hydrogens is 277 g/mol. The van der Waals surface area contributed by atoms with Crippen molar-refractivity contribution in [3.05, 3.63) is 20.3 Å². The minimum Gasteiger partial charge on any atom is -0.381 e. The molecule has 1 saturated heterocycles. The molecule has 2 nitrogen and oxygen atoms in total. The molecule has 0 amide bonds. The molecule has 0 aromatic carbocycles. The van der Waals surface area contributed by atoms with Gasteiger partial charge in [-0.3, -0.25) is 0 Å². The third-order valence-electron chi connectivity index (χ3n) is 3.32. The Balaban J connectivity index is 2.02. The van der Waals surface area contributed by atoms with Crippen molar-refractivity contribution in [3.8, 4) is 0 Å². The highest BCUT2D eigenvalue weighted by atomic mass is 35.5. The van der Waals surface area contributed by atoms with Gasteiger partial charge in [-0.2, -0.15) is 0 Å². The highest BCUT2D eigenvalue weighted by molar-refractivity contribution is 7.20. The van der Waals surface area contributed by atoms with E-state index in [0.717, 1.165) is 52.6 Å². The van der Waals surface area contributed by atoms with E-state index in [0.29, 0.717) is 6.04 Å². The molecule has 1 aliphatic heterocycles. The molecule has 1 aromatic rings. The van der Waals surface area contributed by atoms with E-state index in [9.17, 15) is 0 Å². The Labute approximate surface area is 116 Å². The van der Waals surface area contributed by atoms with Gasteiger partial charge in [-0.1, -0.05) is 23.2 Å². The average molecular weight is 294 g/mol. The van der Waals surface area contributed by atoms with E-state index in [2.05, 4.69) is 5.32 Å². The van der Waals surface area contributed by atoms with Gasteiger partial charge in [-0.25, -0.2) is 0 Å². The fourth-order valence-corrected chi connectivity index (χ4v) is 3.89. The molecule has 1 N–H and O–H groups in total. The van der Waals surface area contributed by atoms with E-state index in [4.69, 9.17) is 27.9 Å². The molecule has 1 fully saturated rings. The van der Waals surface area contributed by atoms with E-state index >= 15 is 0 Å². The second-order valence-electron chi connectivity index (χ2n) is 4.41. The zero-order chi connectivity index (χ0) is 12.3. The molecule has 0 bridgehead atoms. The monoisotopic (exact) mass is 293 g/mol. The lowest BCUT2D eigenvalue weighted by Crippen LogP contribution is -2.23. The Hall–Kier alpha value is 0.200. The first kappa shape index (κ1) is 13.6. The Morgan fingerprint density at radius 1 is 1.47 bits per heavy atom. The molecule has 1 aromatic heterocycles. The Morgan fingerprint density at radius 2 is 2.18 bits per heavy atom. The average Bonchev–Trinajstić information content (AvgIpc) is 2.67. The molecule has 1 unspecified atom stereocenters. The molecular formula is C12H17Cl2NOS. The number of rotatable bonds is 4. The summed E-state index contributed by atoms with van der Waals surface area (Å²) < 4.78 is 6.95. The van der Waals surface area contributed by atoms with Crippen LogP contribution in [0.3, 0.4) is 0 Å². The summed E-state index contributed by atoms with van der Waals surface area (Å²) in [6, 6.07) is 2.28. The summed E-state index contributed by atoms with van der Waals surface area (Å²) in [6.07, 6.45) is 3.40. The number of thiophene rings is 1. The van der Waals surface area contributed by atoms with Gasteiger partial charge >= 0.3 is 0 Å². The van der Waals surface area contributed by atoms with Crippen molar-refractivity contribution in [3.63, 3.8) is 0 Å². The second kappa shape index (κ2) is 6.39. The lowest BCUT2D eigenvalue weighted by Gasteiger charge is -2.26. The Morgan fingerprint density at radius 3 is 2.71 bits per heavy atom. The van der Waals surface area contributed by atoms with Gasteiger partial charge < -0.3 is 10.1 Å². The summed E-state index contributed by atoms with van der Waals surface area (Å²) in [4.78, 5) is 0. The maximum atomic E-state index is 6.21. The lowest BCUT2D eigenvalue weighted by molar-refractivity contribution is 0.0608. The molecule has 1 atom stereocenters. The predicted molar refractivity (Wildman–Crippen MR) is 74.3 cm³/mol. The first-order chi connectivity index (χ1) is 8.20. The molecule has 5 heteroatoms. The van der Waals surface area contributed by atoms with Gasteiger partial charge in [-0.05, 0) is 38.3 Å². The summed E-state index contributed by atoms with van der Waals surface area (Å²) in [5.41, 5.74) is 1.13. The fraction of sp³-hybridized carbons (Fsp3) is 0.667. The van der Waals surface area contributed by atoms with Crippen LogP contribution in [0.2, 0.25) is 8.67 Å². The summed E-state index contributed by atoms with van der Waals surface area (Å²) in [7, 11) is 1.98.